The Balaban J connectivity index is 1.42. The minimum absolute atomic E-state index is 0.935. The fraction of sp³-hybridized carbons (Fsp3) is 0. The molecule has 0 fully saturated rings. The van der Waals surface area contributed by atoms with E-state index in [9.17, 15) is 0 Å². The summed E-state index contributed by atoms with van der Waals surface area (Å²) in [5, 5.41) is 2.20. The highest BCUT2D eigenvalue weighted by Crippen LogP contribution is 2.35. The fourth-order valence-corrected chi connectivity index (χ4v) is 4.27. The Morgan fingerprint density at radius 3 is 1.70 bits per heavy atom. The second kappa shape index (κ2) is 8.21. The van der Waals surface area contributed by atoms with E-state index >= 15 is 0 Å². The molecule has 0 saturated carbocycles. The van der Waals surface area contributed by atoms with Crippen molar-refractivity contribution < 1.29 is 0 Å². The number of nitrogens with zero attached hydrogens (tertiary/aromatic N) is 3. The molecule has 4 aromatic carbocycles. The zero-order valence-electron chi connectivity index (χ0n) is 18.0. The Morgan fingerprint density at radius 2 is 1.03 bits per heavy atom. The number of anilines is 3. The fourth-order valence-electron chi connectivity index (χ4n) is 4.27. The molecule has 3 nitrogen and oxygen atoms in total. The topological polar surface area (TPSA) is 29.0 Å². The van der Waals surface area contributed by atoms with Gasteiger partial charge in [-0.15, -0.1) is 0 Å². The Hall–Kier alpha value is -4.50. The van der Waals surface area contributed by atoms with Gasteiger partial charge in [-0.1, -0.05) is 72.8 Å². The Bertz CT molecular complexity index is 1500. The van der Waals surface area contributed by atoms with Crippen LogP contribution in [-0.4, -0.2) is 9.97 Å². The maximum absolute atomic E-state index is 4.99. The van der Waals surface area contributed by atoms with Crippen LogP contribution < -0.4 is 4.90 Å². The normalized spacial score (nSPS) is 11.0. The molecular weight excluding hydrogens is 402 g/mol. The monoisotopic (exact) mass is 423 g/mol. The van der Waals surface area contributed by atoms with Gasteiger partial charge >= 0.3 is 0 Å². The highest BCUT2D eigenvalue weighted by molar-refractivity contribution is 6.03. The van der Waals surface area contributed by atoms with Crippen molar-refractivity contribution in [2.75, 3.05) is 4.90 Å². The summed E-state index contributed by atoms with van der Waals surface area (Å²) in [6, 6.07) is 41.9. The van der Waals surface area contributed by atoms with Gasteiger partial charge in [-0.25, -0.2) is 4.98 Å². The molecule has 3 heteroatoms. The molecule has 0 radical (unpaired) electrons. The van der Waals surface area contributed by atoms with Crippen molar-refractivity contribution in [1.29, 1.82) is 0 Å². The highest BCUT2D eigenvalue weighted by atomic mass is 15.1. The van der Waals surface area contributed by atoms with Gasteiger partial charge in [0.15, 0.2) is 0 Å². The van der Waals surface area contributed by atoms with Gasteiger partial charge in [0, 0.05) is 39.6 Å². The summed E-state index contributed by atoms with van der Waals surface area (Å²) in [4.78, 5) is 11.8. The lowest BCUT2D eigenvalue weighted by Gasteiger charge is -2.25. The third-order valence-corrected chi connectivity index (χ3v) is 5.88. The lowest BCUT2D eigenvalue weighted by Crippen LogP contribution is -2.09. The molecule has 0 amide bonds. The third-order valence-electron chi connectivity index (χ3n) is 5.88. The van der Waals surface area contributed by atoms with Crippen LogP contribution in [0.2, 0.25) is 0 Å². The van der Waals surface area contributed by atoms with Crippen LogP contribution in [0.15, 0.2) is 128 Å². The van der Waals surface area contributed by atoms with Crippen LogP contribution in [0.3, 0.4) is 0 Å². The third kappa shape index (κ3) is 3.60. The first-order valence-corrected chi connectivity index (χ1v) is 11.0. The van der Waals surface area contributed by atoms with E-state index in [0.29, 0.717) is 0 Å². The van der Waals surface area contributed by atoms with Crippen molar-refractivity contribution in [3.63, 3.8) is 0 Å². The van der Waals surface area contributed by atoms with Crippen LogP contribution >= 0.6 is 0 Å². The molecule has 0 saturated heterocycles. The molecule has 6 rings (SSSR count). The molecule has 6 aromatic rings. The number of rotatable bonds is 4. The first kappa shape index (κ1) is 19.2. The van der Waals surface area contributed by atoms with Crippen molar-refractivity contribution in [2.45, 2.75) is 0 Å². The molecular formula is C30H21N3. The molecule has 0 atom stereocenters. The van der Waals surface area contributed by atoms with E-state index in [1.54, 1.807) is 0 Å². The predicted octanol–water partition coefficient (Wildman–Crippen LogP) is 7.92. The van der Waals surface area contributed by atoms with Gasteiger partial charge in [-0.05, 0) is 48.5 Å². The quantitative estimate of drug-likeness (QED) is 0.270. The summed E-state index contributed by atoms with van der Waals surface area (Å²) in [6.45, 7) is 0. The molecule has 33 heavy (non-hydrogen) atoms. The number of fused-ring (bicyclic) bond motifs is 3. The minimum atomic E-state index is 0.935. The van der Waals surface area contributed by atoms with Crippen LogP contribution in [0, 0.1) is 0 Å². The van der Waals surface area contributed by atoms with E-state index in [0.717, 1.165) is 50.1 Å². The van der Waals surface area contributed by atoms with Gasteiger partial charge in [0.25, 0.3) is 0 Å². The summed E-state index contributed by atoms with van der Waals surface area (Å²) in [7, 11) is 0. The first-order chi connectivity index (χ1) is 16.4. The standard InChI is InChI=1S/C30H21N3/c1-3-9-25(10-4-1)33(26-11-5-2-6-12-26)27-18-15-22(16-19-27)28-20-17-24-14-13-23-8-7-21-31-29(23)30(24)32-28/h1-21H. The molecule has 0 N–H and O–H groups in total. The lowest BCUT2D eigenvalue weighted by atomic mass is 10.1. The van der Waals surface area contributed by atoms with E-state index in [1.807, 2.05) is 24.4 Å². The largest absolute Gasteiger partial charge is 0.311 e. The Morgan fingerprint density at radius 1 is 0.455 bits per heavy atom. The van der Waals surface area contributed by atoms with Crippen molar-refractivity contribution in [2.24, 2.45) is 0 Å². The molecule has 156 valence electrons. The van der Waals surface area contributed by atoms with Crippen molar-refractivity contribution in [1.82, 2.24) is 9.97 Å². The molecule has 0 bridgehead atoms. The van der Waals surface area contributed by atoms with Gasteiger partial charge < -0.3 is 4.90 Å². The summed E-state index contributed by atoms with van der Waals surface area (Å²) in [6.07, 6.45) is 1.83. The van der Waals surface area contributed by atoms with E-state index in [-0.39, 0.29) is 0 Å². The number of hydrogen-bond donors (Lipinski definition) is 0. The second-order valence-electron chi connectivity index (χ2n) is 7.96. The molecule has 2 heterocycles. The smallest absolute Gasteiger partial charge is 0.0972 e. The van der Waals surface area contributed by atoms with E-state index in [4.69, 9.17) is 4.98 Å². The van der Waals surface area contributed by atoms with Crippen LogP contribution in [0.4, 0.5) is 17.1 Å². The molecule has 0 aliphatic carbocycles. The molecule has 2 aromatic heterocycles. The molecule has 0 spiro atoms. The Labute approximate surface area is 192 Å². The predicted molar refractivity (Wildman–Crippen MR) is 137 cm³/mol. The van der Waals surface area contributed by atoms with Crippen LogP contribution in [0.25, 0.3) is 33.1 Å². The van der Waals surface area contributed by atoms with E-state index < -0.39 is 0 Å². The maximum Gasteiger partial charge on any atom is 0.0972 e. The SMILES string of the molecule is c1ccc(N(c2ccccc2)c2ccc(-c3ccc4ccc5cccnc5c4n3)cc2)cc1. The zero-order chi connectivity index (χ0) is 22.0. The van der Waals surface area contributed by atoms with Gasteiger partial charge in [0.2, 0.25) is 0 Å². The number of benzene rings is 4. The van der Waals surface area contributed by atoms with Crippen molar-refractivity contribution in [3.8, 4) is 11.3 Å². The summed E-state index contributed by atoms with van der Waals surface area (Å²) >= 11 is 0. The number of para-hydroxylation sites is 2. The number of hydrogen-bond acceptors (Lipinski definition) is 3. The molecule has 0 aliphatic rings. The van der Waals surface area contributed by atoms with Crippen molar-refractivity contribution >= 4 is 38.9 Å². The number of pyridine rings is 2. The van der Waals surface area contributed by atoms with Crippen LogP contribution in [-0.2, 0) is 0 Å². The molecule has 0 aliphatic heterocycles. The first-order valence-electron chi connectivity index (χ1n) is 11.0. The average Bonchev–Trinajstić information content (AvgIpc) is 2.90. The van der Waals surface area contributed by atoms with Crippen molar-refractivity contribution in [3.05, 3.63) is 128 Å². The highest BCUT2D eigenvalue weighted by Gasteiger charge is 2.12. The summed E-state index contributed by atoms with van der Waals surface area (Å²) in [5.74, 6) is 0. The van der Waals surface area contributed by atoms with E-state index in [1.165, 1.54) is 0 Å². The maximum atomic E-state index is 4.99. The summed E-state index contributed by atoms with van der Waals surface area (Å²) in [5.41, 5.74) is 7.24. The van der Waals surface area contributed by atoms with Gasteiger partial charge in [0.05, 0.1) is 16.7 Å². The van der Waals surface area contributed by atoms with E-state index in [2.05, 4.69) is 113 Å². The van der Waals surface area contributed by atoms with Gasteiger partial charge in [-0.3, -0.25) is 4.98 Å². The zero-order valence-corrected chi connectivity index (χ0v) is 18.0. The molecule has 0 unspecified atom stereocenters. The number of aromatic nitrogens is 2. The minimum Gasteiger partial charge on any atom is -0.311 e. The average molecular weight is 424 g/mol. The van der Waals surface area contributed by atoms with Gasteiger partial charge in [-0.2, -0.15) is 0 Å². The van der Waals surface area contributed by atoms with Gasteiger partial charge in [0.1, 0.15) is 0 Å². The lowest BCUT2D eigenvalue weighted by molar-refractivity contribution is 1.28. The summed E-state index contributed by atoms with van der Waals surface area (Å²) < 4.78 is 0. The Kier molecular flexibility index (Phi) is 4.78. The van der Waals surface area contributed by atoms with Crippen LogP contribution in [0.5, 0.6) is 0 Å². The second-order valence-corrected chi connectivity index (χ2v) is 7.96. The van der Waals surface area contributed by atoms with Crippen LogP contribution in [0.1, 0.15) is 0 Å².